The Kier molecular flexibility index (Phi) is 52.3. The summed E-state index contributed by atoms with van der Waals surface area (Å²) >= 11 is 5.38. The minimum Gasteiger partial charge on any atom is -2.00 e. The summed E-state index contributed by atoms with van der Waals surface area (Å²) in [6.45, 7) is 0. The van der Waals surface area contributed by atoms with Gasteiger partial charge in [0.25, 0.3) is 0 Å². The zero-order valence-electron chi connectivity index (χ0n) is 51.4. The Labute approximate surface area is 639 Å². The van der Waals surface area contributed by atoms with Crippen LogP contribution in [0.1, 0.15) is 64.5 Å². The van der Waals surface area contributed by atoms with Crippen LogP contribution in [0.4, 0.5) is 0 Å². The van der Waals surface area contributed by atoms with E-state index in [1.54, 1.807) is 49.1 Å². The first kappa shape index (κ1) is 97.2. The molecule has 0 bridgehead atoms. The van der Waals surface area contributed by atoms with E-state index in [1.165, 1.54) is 45.3 Å². The molecule has 0 N–H and O–H groups in total. The summed E-state index contributed by atoms with van der Waals surface area (Å²) in [6, 6.07) is 74.7. The van der Waals surface area contributed by atoms with Gasteiger partial charge in [0.15, 0.2) is 0 Å². The molecule has 4 radical (unpaired) electrons. The zero-order chi connectivity index (χ0) is 60.8. The van der Waals surface area contributed by atoms with Crippen LogP contribution in [0.25, 0.3) is 0 Å². The fourth-order valence-electron chi connectivity index (χ4n) is 7.60. The van der Waals surface area contributed by atoms with Crippen molar-refractivity contribution in [2.75, 3.05) is 0 Å². The number of hydrogen-bond acceptors (Lipinski definition) is 20. The summed E-state index contributed by atoms with van der Waals surface area (Å²) in [4.78, 5) is 19.5. The number of pyridine rings is 4. The van der Waals surface area contributed by atoms with Crippen LogP contribution in [-0.2, 0) is 118 Å². The third-order valence-corrected chi connectivity index (χ3v) is 15.1. The van der Waals surface area contributed by atoms with E-state index in [4.69, 9.17) is 0 Å². The van der Waals surface area contributed by atoms with Gasteiger partial charge in [0.2, 0.25) is 0 Å². The second-order valence-electron chi connectivity index (χ2n) is 17.6. The summed E-state index contributed by atoms with van der Waals surface area (Å²) in [5.41, 5.74) is 8.47. The maximum Gasteiger partial charge on any atom is 0.118 e. The first-order valence-electron chi connectivity index (χ1n) is 26.7. The molecule has 12 rings (SSSR count). The summed E-state index contributed by atoms with van der Waals surface area (Å²) in [6.07, 6.45) is 6.76. The summed E-state index contributed by atoms with van der Waals surface area (Å²) in [5, 5.41) is 87.3. The number of benzene rings is 4. The summed E-state index contributed by atoms with van der Waals surface area (Å²) in [7, 11) is 0. The van der Waals surface area contributed by atoms with Gasteiger partial charge in [-0.1, -0.05) is 170 Å². The molecule has 0 aliphatic carbocycles. The molecule has 32 heteroatoms. The predicted octanol–water partition coefficient (Wildman–Crippen LogP) is 9.85. The standard InChI is InChI=1S/4C17H13N3OS.8O.4V/c4*21-17(15-10-6-12-22-15)20-19-16(13-7-2-1-3-8-13)14-9-4-5-11-18-14;;;;;;;;;;;;/h4*1-12H,(H,20,21);;;;;;;;;;;;/q;;;;8*-2;;;;/p-4/b4*19-16+;;;;;;;;;;;;. The van der Waals surface area contributed by atoms with Crippen molar-refractivity contribution in [3.63, 3.8) is 0 Å². The van der Waals surface area contributed by atoms with Crippen LogP contribution >= 0.6 is 45.3 Å². The number of aromatic nitrogens is 4. The van der Waals surface area contributed by atoms with Crippen molar-refractivity contribution >= 4 is 91.8 Å². The molecule has 12 aromatic rings. The van der Waals surface area contributed by atoms with Crippen molar-refractivity contribution in [2.45, 2.75) is 0 Å². The van der Waals surface area contributed by atoms with Crippen LogP contribution in [-0.4, -0.2) is 66.4 Å². The Morgan fingerprint density at radius 1 is 0.220 bits per heavy atom. The van der Waals surface area contributed by atoms with Gasteiger partial charge in [0.05, 0.1) is 22.8 Å². The Bertz CT molecular complexity index is 3570. The molecule has 24 nitrogen and oxygen atoms in total. The molecular weight excluding hydrogens is 1510 g/mol. The Morgan fingerprint density at radius 2 is 0.400 bits per heavy atom. The Hall–Kier alpha value is -9.14. The topological polar surface area (TPSA) is 471 Å². The predicted molar refractivity (Wildman–Crippen MR) is 354 cm³/mol. The summed E-state index contributed by atoms with van der Waals surface area (Å²) in [5.74, 6) is -1.39. The van der Waals surface area contributed by atoms with Gasteiger partial charge >= 0.3 is 0 Å². The monoisotopic (exact) mass is 1560 g/mol. The van der Waals surface area contributed by atoms with E-state index in [0.29, 0.717) is 65.1 Å². The van der Waals surface area contributed by atoms with Gasteiger partial charge in [-0.05, 0) is 94.3 Å². The molecule has 0 spiro atoms. The van der Waals surface area contributed by atoms with Crippen LogP contribution in [0, 0.1) is 0 Å². The first-order valence-corrected chi connectivity index (χ1v) is 30.2. The maximum absolute atomic E-state index is 12.0. The third-order valence-electron chi connectivity index (χ3n) is 11.7. The largest absolute Gasteiger partial charge is 2.00 e. The van der Waals surface area contributed by atoms with Crippen LogP contribution in [0.5, 0.6) is 0 Å². The van der Waals surface area contributed by atoms with Gasteiger partial charge in [0.1, 0.15) is 22.8 Å². The quantitative estimate of drug-likeness (QED) is 0.0507. The van der Waals surface area contributed by atoms with Crippen molar-refractivity contribution in [3.8, 4) is 0 Å². The molecule has 0 fully saturated rings. The average Bonchev–Trinajstić information content (AvgIpc) is 1.89. The van der Waals surface area contributed by atoms with Crippen molar-refractivity contribution in [3.05, 3.63) is 354 Å². The van der Waals surface area contributed by atoms with E-state index in [0.717, 1.165) is 22.3 Å². The van der Waals surface area contributed by atoms with E-state index in [1.807, 2.05) is 240 Å². The average molecular weight is 1560 g/mol. The fourth-order valence-corrected chi connectivity index (χ4v) is 10.0. The van der Waals surface area contributed by atoms with Gasteiger partial charge in [-0.15, -0.1) is 65.8 Å². The van der Waals surface area contributed by atoms with Crippen molar-refractivity contribution in [2.24, 2.45) is 40.8 Å². The van der Waals surface area contributed by atoms with Crippen LogP contribution in [0.3, 0.4) is 0 Å². The molecule has 0 aliphatic heterocycles. The SMILES string of the molecule is [O-2].[O-2].[O-2].[O-2].[O-2].[O-2].[O-2].[O-2].[O-]/C(=N\N=C(/c1ccccc1)c1ccccn1)c1cccs1.[O-]/C(=N\N=C(/c1ccccc1)c1ccccn1)c1cccs1.[O-]/C(=N\N=C(/c1ccccc1)c1ccccn1)c1cccs1.[O-]/C(=N\N=C(/c1ccccc1)c1ccccn1)c1cccs1.[V].[V].[V].[V]. The van der Waals surface area contributed by atoms with Crippen LogP contribution < -0.4 is 20.4 Å². The summed E-state index contributed by atoms with van der Waals surface area (Å²) < 4.78 is 0. The van der Waals surface area contributed by atoms with Crippen molar-refractivity contribution in [1.82, 2.24) is 19.9 Å². The molecule has 8 heterocycles. The molecule has 0 saturated heterocycles. The molecule has 100 heavy (non-hydrogen) atoms. The molecule has 0 aliphatic rings. The van der Waals surface area contributed by atoms with Crippen LogP contribution in [0.2, 0.25) is 0 Å². The van der Waals surface area contributed by atoms with Gasteiger partial charge in [-0.25, -0.2) is 0 Å². The van der Waals surface area contributed by atoms with Crippen LogP contribution in [0.15, 0.2) is 330 Å². The van der Waals surface area contributed by atoms with E-state index < -0.39 is 0 Å². The van der Waals surface area contributed by atoms with Gasteiger partial charge < -0.3 is 64.2 Å². The smallest absolute Gasteiger partial charge is 0.118 e. The second kappa shape index (κ2) is 53.8. The third kappa shape index (κ3) is 30.1. The number of nitrogens with zero attached hydrogens (tertiary/aromatic N) is 12. The molecule has 516 valence electrons. The van der Waals surface area contributed by atoms with Crippen molar-refractivity contribution in [1.29, 1.82) is 0 Å². The molecule has 4 aromatic carbocycles. The van der Waals surface area contributed by atoms with Gasteiger partial charge in [-0.3, -0.25) is 19.9 Å². The number of thiophene rings is 4. The minimum atomic E-state index is -0.348. The van der Waals surface area contributed by atoms with E-state index in [9.17, 15) is 20.4 Å². The van der Waals surface area contributed by atoms with Gasteiger partial charge in [0, 0.05) is 164 Å². The van der Waals surface area contributed by atoms with Gasteiger partial charge in [-0.2, -0.15) is 20.4 Å². The molecule has 8 aromatic heterocycles. The maximum atomic E-state index is 12.0. The molecular formula is C68H48N12O12S4V4-20. The molecule has 0 unspecified atom stereocenters. The second-order valence-corrected chi connectivity index (χ2v) is 21.4. The fraction of sp³-hybridized carbons (Fsp3) is 0. The van der Waals surface area contributed by atoms with E-state index >= 15 is 0 Å². The van der Waals surface area contributed by atoms with E-state index in [-0.39, 0.29) is 142 Å². The first-order chi connectivity index (χ1) is 43.4. The Morgan fingerprint density at radius 3 is 0.550 bits per heavy atom. The normalized spacial score (nSPS) is 10.9. The number of rotatable bonds is 16. The zero-order valence-corrected chi connectivity index (χ0v) is 60.3. The number of hydrogen-bond donors (Lipinski definition) is 0. The van der Waals surface area contributed by atoms with E-state index in [2.05, 4.69) is 60.7 Å². The molecule has 0 saturated carbocycles. The minimum absolute atomic E-state index is 0. The Balaban J connectivity index is -0.000000591. The molecule has 0 amide bonds. The molecule has 0 atom stereocenters. The van der Waals surface area contributed by atoms with Crippen molar-refractivity contribution < 1.29 is 138 Å².